The predicted octanol–water partition coefficient (Wildman–Crippen LogP) is 3.26. The van der Waals surface area contributed by atoms with Gasteiger partial charge in [-0.3, -0.25) is 24.0 Å². The average Bonchev–Trinajstić information content (AvgIpc) is 4.19. The molecule has 5 heterocycles. The van der Waals surface area contributed by atoms with Crippen LogP contribution in [0.3, 0.4) is 0 Å². The maximum atomic E-state index is 13.6. The van der Waals surface area contributed by atoms with Crippen molar-refractivity contribution in [2.24, 2.45) is 7.05 Å². The Hall–Kier alpha value is -8.16. The van der Waals surface area contributed by atoms with Gasteiger partial charge in [0, 0.05) is 80.0 Å². The molecular weight excluding hydrogens is 1010 g/mol. The van der Waals surface area contributed by atoms with Gasteiger partial charge in [-0.1, -0.05) is 72.7 Å². The molecule has 2 saturated heterocycles. The largest absolute Gasteiger partial charge is 0.465 e. The number of aryl methyl sites for hydroxylation is 1. The molecule has 2 aliphatic heterocycles. The van der Waals surface area contributed by atoms with Gasteiger partial charge in [0.2, 0.25) is 29.6 Å². The lowest BCUT2D eigenvalue weighted by molar-refractivity contribution is -0.131. The molecule has 9 rings (SSSR count). The topological polar surface area (TPSA) is 266 Å². The zero-order chi connectivity index (χ0) is 55.5. The van der Waals surface area contributed by atoms with E-state index in [1.54, 1.807) is 42.1 Å². The van der Waals surface area contributed by atoms with Crippen LogP contribution in [-0.4, -0.2) is 149 Å². The van der Waals surface area contributed by atoms with E-state index < -0.39 is 61.0 Å². The van der Waals surface area contributed by atoms with Crippen LogP contribution in [-0.2, 0) is 47.7 Å². The van der Waals surface area contributed by atoms with Crippen LogP contribution in [0.25, 0.3) is 32.9 Å². The number of nitrogens with zero attached hydrogens (tertiary/aromatic N) is 5. The maximum Gasteiger partial charge on any atom is 0.405 e. The molecule has 2 unspecified atom stereocenters. The Morgan fingerprint density at radius 1 is 0.848 bits per heavy atom. The number of likely N-dealkylation sites (tertiary alicyclic amines) is 1. The summed E-state index contributed by atoms with van der Waals surface area (Å²) in [6, 6.07) is 26.0. The van der Waals surface area contributed by atoms with Crippen LogP contribution in [0, 0.1) is 12.3 Å². The summed E-state index contributed by atoms with van der Waals surface area (Å²) in [7, 11) is 1.73. The summed E-state index contributed by atoms with van der Waals surface area (Å²) < 4.78 is 15.3. The van der Waals surface area contributed by atoms with E-state index in [4.69, 9.17) is 31.0 Å². The SMILES string of the molecule is C#CCNC1(C)CCN(C2CCN(c3nc(C(COCNC(=O)CNC(=O)C(Cc4ccccc4)NC(=O)CNC(=O)CNC(=O)O)(OC4CC4)c4ccccc4)c4cc(-c5cn(C)c(=O)c6[nH]ccc56)ccc4n3)CC2)CC1. The molecule has 3 aliphatic rings. The highest BCUT2D eigenvalue weighted by molar-refractivity contribution is 5.98. The number of ether oxygens (including phenoxy) is 2. The molecule has 8 N–H and O–H groups in total. The second-order valence-electron chi connectivity index (χ2n) is 20.8. The first-order chi connectivity index (χ1) is 38.2. The Balaban J connectivity index is 0.961. The fraction of sp³-hybridized carbons (Fsp3) is 0.414. The molecule has 3 fully saturated rings. The first-order valence-corrected chi connectivity index (χ1v) is 26.8. The van der Waals surface area contributed by atoms with E-state index in [1.807, 2.05) is 66.1 Å². The molecule has 0 radical (unpaired) electrons. The number of rotatable bonds is 23. The maximum absolute atomic E-state index is 13.6. The van der Waals surface area contributed by atoms with Crippen LogP contribution in [0.15, 0.2) is 102 Å². The Morgan fingerprint density at radius 3 is 2.25 bits per heavy atom. The molecule has 2 atom stereocenters. The summed E-state index contributed by atoms with van der Waals surface area (Å²) in [5.41, 5.74) is 3.51. The number of benzene rings is 3. The van der Waals surface area contributed by atoms with Gasteiger partial charge < -0.3 is 65.8 Å². The third kappa shape index (κ3) is 13.8. The molecule has 79 heavy (non-hydrogen) atoms. The van der Waals surface area contributed by atoms with Gasteiger partial charge in [-0.15, -0.1) is 6.42 Å². The van der Waals surface area contributed by atoms with Crippen molar-refractivity contribution in [3.63, 3.8) is 0 Å². The van der Waals surface area contributed by atoms with Crippen molar-refractivity contribution in [2.45, 2.75) is 81.2 Å². The van der Waals surface area contributed by atoms with E-state index in [0.717, 1.165) is 97.7 Å². The van der Waals surface area contributed by atoms with E-state index in [-0.39, 0.29) is 37.0 Å². The summed E-state index contributed by atoms with van der Waals surface area (Å²) in [5.74, 6) is 0.632. The average molecular weight is 1080 g/mol. The minimum atomic E-state index is -1.40. The summed E-state index contributed by atoms with van der Waals surface area (Å²) in [6.07, 6.45) is 13.3. The number of anilines is 1. The molecule has 0 spiro atoms. The van der Waals surface area contributed by atoms with E-state index >= 15 is 0 Å². The van der Waals surface area contributed by atoms with Crippen molar-refractivity contribution in [3.8, 4) is 23.5 Å². The van der Waals surface area contributed by atoms with E-state index in [1.165, 1.54) is 0 Å². The van der Waals surface area contributed by atoms with Crippen LogP contribution in [0.4, 0.5) is 10.7 Å². The molecule has 3 aromatic heterocycles. The van der Waals surface area contributed by atoms with E-state index in [0.29, 0.717) is 35.3 Å². The lowest BCUT2D eigenvalue weighted by Gasteiger charge is -2.45. The molecule has 21 nitrogen and oxygen atoms in total. The van der Waals surface area contributed by atoms with Crippen molar-refractivity contribution in [1.82, 2.24) is 56.3 Å². The van der Waals surface area contributed by atoms with Crippen LogP contribution in [0.2, 0.25) is 0 Å². The molecule has 1 aliphatic carbocycles. The monoisotopic (exact) mass is 1080 g/mol. The lowest BCUT2D eigenvalue weighted by Crippen LogP contribution is -2.55. The summed E-state index contributed by atoms with van der Waals surface area (Å²) in [6.45, 7) is 4.40. The molecule has 6 aromatic rings. The summed E-state index contributed by atoms with van der Waals surface area (Å²) >= 11 is 0. The standard InChI is InChI=1S/C58H68N12O9/c1-4-24-64-57(2)22-28-69(29-23-57)41-20-26-70(27-21-41)55-66-46-18-15-39(45-35-68(3)54(75)51-43(45)19-25-59-51)31-44(46)52(67-55)58(79-42-16-17-42,40-13-9-6-10-14-40)36-78-37-63-49(72)32-61-53(74)47(30-38-11-7-5-8-12-38)65-50(73)34-60-48(71)33-62-56(76)77/h1,5-15,18-19,25,31,35,41-42,47,59,62,64H,16-17,20-24,26-30,32-34,36-37H2,2-3H3,(H,60,71)(H,61,74)(H,63,72)(H,65,73)(H,76,77). The number of aromatic nitrogens is 4. The van der Waals surface area contributed by atoms with Crippen LogP contribution in [0.1, 0.15) is 62.3 Å². The van der Waals surface area contributed by atoms with Crippen molar-refractivity contribution < 1.29 is 38.6 Å². The number of carboxylic acid groups (broad SMARTS) is 1. The van der Waals surface area contributed by atoms with Gasteiger partial charge in [0.05, 0.1) is 50.1 Å². The van der Waals surface area contributed by atoms with E-state index in [2.05, 4.69) is 60.3 Å². The molecule has 1 saturated carbocycles. The Morgan fingerprint density at radius 2 is 1.54 bits per heavy atom. The van der Waals surface area contributed by atoms with Crippen molar-refractivity contribution in [3.05, 3.63) is 124 Å². The van der Waals surface area contributed by atoms with Gasteiger partial charge in [-0.05, 0) is 80.3 Å². The number of amides is 5. The van der Waals surface area contributed by atoms with Gasteiger partial charge in [-0.2, -0.15) is 0 Å². The number of carbonyl (C=O) groups excluding carboxylic acids is 4. The highest BCUT2D eigenvalue weighted by atomic mass is 16.6. The molecule has 0 bridgehead atoms. The fourth-order valence-corrected chi connectivity index (χ4v) is 10.5. The Bertz CT molecular complexity index is 3250. The highest BCUT2D eigenvalue weighted by Crippen LogP contribution is 2.44. The van der Waals surface area contributed by atoms with Crippen molar-refractivity contribution in [2.75, 3.05) is 70.6 Å². The van der Waals surface area contributed by atoms with Crippen molar-refractivity contribution >= 4 is 57.5 Å². The molecule has 414 valence electrons. The zero-order valence-corrected chi connectivity index (χ0v) is 44.5. The molecule has 5 amide bonds. The van der Waals surface area contributed by atoms with Gasteiger partial charge >= 0.3 is 6.09 Å². The van der Waals surface area contributed by atoms with Crippen molar-refractivity contribution in [1.29, 1.82) is 0 Å². The van der Waals surface area contributed by atoms with Crippen LogP contribution >= 0.6 is 0 Å². The number of pyridine rings is 1. The van der Waals surface area contributed by atoms with Crippen LogP contribution in [0.5, 0.6) is 0 Å². The fourth-order valence-electron chi connectivity index (χ4n) is 10.5. The van der Waals surface area contributed by atoms with Gasteiger partial charge in [0.1, 0.15) is 18.3 Å². The smallest absolute Gasteiger partial charge is 0.405 e. The second kappa shape index (κ2) is 25.1. The first-order valence-electron chi connectivity index (χ1n) is 26.8. The third-order valence-electron chi connectivity index (χ3n) is 15.1. The number of hydrogen-bond donors (Lipinski definition) is 8. The Kier molecular flexibility index (Phi) is 17.7. The quantitative estimate of drug-likeness (QED) is 0.0260. The molecule has 3 aromatic carbocycles. The number of terminal acetylenes is 1. The third-order valence-corrected chi connectivity index (χ3v) is 15.1. The van der Waals surface area contributed by atoms with Gasteiger partial charge in [0.15, 0.2) is 5.60 Å². The van der Waals surface area contributed by atoms with E-state index in [9.17, 15) is 28.8 Å². The normalized spacial score (nSPS) is 16.8. The number of H-pyrrole nitrogens is 1. The first kappa shape index (κ1) is 55.6. The molecule has 21 heteroatoms. The number of piperidine rings is 2. The lowest BCUT2D eigenvalue weighted by atomic mass is 9.87. The number of fused-ring (bicyclic) bond motifs is 2. The predicted molar refractivity (Wildman–Crippen MR) is 298 cm³/mol. The minimum absolute atomic E-state index is 0.0245. The summed E-state index contributed by atoms with van der Waals surface area (Å²) in [5, 5.41) is 26.0. The highest BCUT2D eigenvalue weighted by Gasteiger charge is 2.45. The second-order valence-corrected chi connectivity index (χ2v) is 20.8. The van der Waals surface area contributed by atoms with Crippen LogP contribution < -0.4 is 42.4 Å². The minimum Gasteiger partial charge on any atom is -0.465 e. The Labute approximate surface area is 457 Å². The van der Waals surface area contributed by atoms with Gasteiger partial charge in [-0.25, -0.2) is 14.8 Å². The number of nitrogens with one attached hydrogen (secondary N) is 7. The zero-order valence-electron chi connectivity index (χ0n) is 44.5. The number of aromatic amines is 1. The number of hydrogen-bond acceptors (Lipinski definition) is 13. The molecular formula is C58H68N12O9. The number of carbonyl (C=O) groups is 5. The summed E-state index contributed by atoms with van der Waals surface area (Å²) in [4.78, 5) is 94.8. The van der Waals surface area contributed by atoms with Gasteiger partial charge in [0.25, 0.3) is 5.56 Å².